The zero-order valence-corrected chi connectivity index (χ0v) is 12.5. The van der Waals surface area contributed by atoms with E-state index in [1.807, 2.05) is 12.1 Å². The molecule has 0 fully saturated rings. The van der Waals surface area contributed by atoms with Gasteiger partial charge in [-0.1, -0.05) is 26.3 Å². The van der Waals surface area contributed by atoms with Crippen molar-refractivity contribution in [1.29, 1.82) is 0 Å². The van der Waals surface area contributed by atoms with Gasteiger partial charge in [-0.25, -0.2) is 4.39 Å². The molecule has 1 rings (SSSR count). The van der Waals surface area contributed by atoms with Crippen LogP contribution in [-0.4, -0.2) is 19.1 Å². The molecule has 2 N–H and O–H groups in total. The van der Waals surface area contributed by atoms with Crippen LogP contribution >= 0.6 is 0 Å². The summed E-state index contributed by atoms with van der Waals surface area (Å²) < 4.78 is 14.3. The van der Waals surface area contributed by atoms with Gasteiger partial charge in [0.05, 0.1) is 5.69 Å². The van der Waals surface area contributed by atoms with Gasteiger partial charge in [-0.05, 0) is 50.4 Å². The molecule has 0 aromatic heterocycles. The number of nitrogens with two attached hydrogens (primary N) is 1. The molecule has 0 aliphatic heterocycles. The predicted molar refractivity (Wildman–Crippen MR) is 81.2 cm³/mol. The Morgan fingerprint density at radius 1 is 1.32 bits per heavy atom. The van der Waals surface area contributed by atoms with Crippen molar-refractivity contribution in [2.75, 3.05) is 18.0 Å². The summed E-state index contributed by atoms with van der Waals surface area (Å²) in [7, 11) is 0. The van der Waals surface area contributed by atoms with Gasteiger partial charge in [0.2, 0.25) is 0 Å². The molecule has 0 radical (unpaired) electrons. The van der Waals surface area contributed by atoms with Gasteiger partial charge in [0.15, 0.2) is 0 Å². The molecule has 0 saturated carbocycles. The topological polar surface area (TPSA) is 29.3 Å². The average Bonchev–Trinajstić information content (AvgIpc) is 2.41. The molecule has 0 bridgehead atoms. The molecule has 1 aromatic rings. The monoisotopic (exact) mass is 266 g/mol. The molecule has 0 aliphatic rings. The largest absolute Gasteiger partial charge is 0.366 e. The molecule has 1 atom stereocenters. The fraction of sp³-hybridized carbons (Fsp3) is 0.625. The Morgan fingerprint density at radius 2 is 2.05 bits per heavy atom. The van der Waals surface area contributed by atoms with E-state index in [0.717, 1.165) is 43.5 Å². The van der Waals surface area contributed by atoms with Gasteiger partial charge in [0.25, 0.3) is 0 Å². The second-order valence-corrected chi connectivity index (χ2v) is 5.13. The number of rotatable bonds is 8. The van der Waals surface area contributed by atoms with E-state index in [9.17, 15) is 4.39 Å². The van der Waals surface area contributed by atoms with Crippen molar-refractivity contribution >= 4 is 5.69 Å². The zero-order chi connectivity index (χ0) is 14.3. The Bertz CT molecular complexity index is 379. The SMILES string of the molecule is CCCCN(c1ccc(CCN)cc1F)C(C)CC. The molecular weight excluding hydrogens is 239 g/mol. The minimum absolute atomic E-state index is 0.123. The van der Waals surface area contributed by atoms with E-state index < -0.39 is 0 Å². The van der Waals surface area contributed by atoms with Gasteiger partial charge >= 0.3 is 0 Å². The number of hydrogen-bond acceptors (Lipinski definition) is 2. The van der Waals surface area contributed by atoms with Gasteiger partial charge in [-0.2, -0.15) is 0 Å². The highest BCUT2D eigenvalue weighted by Gasteiger charge is 2.16. The van der Waals surface area contributed by atoms with Gasteiger partial charge in [-0.15, -0.1) is 0 Å². The van der Waals surface area contributed by atoms with Crippen LogP contribution in [0.15, 0.2) is 18.2 Å². The Kier molecular flexibility index (Phi) is 6.85. The molecule has 1 aromatic carbocycles. The minimum atomic E-state index is -0.123. The molecule has 1 unspecified atom stereocenters. The molecule has 2 nitrogen and oxygen atoms in total. The van der Waals surface area contributed by atoms with Crippen LogP contribution < -0.4 is 10.6 Å². The highest BCUT2D eigenvalue weighted by atomic mass is 19.1. The van der Waals surface area contributed by atoms with Crippen LogP contribution in [0, 0.1) is 5.82 Å². The van der Waals surface area contributed by atoms with Crippen LogP contribution in [0.3, 0.4) is 0 Å². The smallest absolute Gasteiger partial charge is 0.146 e. The summed E-state index contributed by atoms with van der Waals surface area (Å²) in [5, 5.41) is 0. The number of hydrogen-bond donors (Lipinski definition) is 1. The fourth-order valence-electron chi connectivity index (χ4n) is 2.23. The molecular formula is C16H27FN2. The molecule has 0 amide bonds. The maximum atomic E-state index is 14.3. The van der Waals surface area contributed by atoms with Crippen molar-refractivity contribution in [2.24, 2.45) is 5.73 Å². The second kappa shape index (κ2) is 8.16. The summed E-state index contributed by atoms with van der Waals surface area (Å²) in [5.41, 5.74) is 7.21. The van der Waals surface area contributed by atoms with Crippen LogP contribution in [0.4, 0.5) is 10.1 Å². The van der Waals surface area contributed by atoms with E-state index in [2.05, 4.69) is 25.7 Å². The minimum Gasteiger partial charge on any atom is -0.366 e. The van der Waals surface area contributed by atoms with Crippen LogP contribution in [0.1, 0.15) is 45.6 Å². The molecule has 0 heterocycles. The summed E-state index contributed by atoms with van der Waals surface area (Å²) >= 11 is 0. The summed E-state index contributed by atoms with van der Waals surface area (Å²) in [6.45, 7) is 7.94. The fourth-order valence-corrected chi connectivity index (χ4v) is 2.23. The highest BCUT2D eigenvalue weighted by Crippen LogP contribution is 2.24. The third kappa shape index (κ3) is 4.50. The Hall–Kier alpha value is -1.09. The maximum Gasteiger partial charge on any atom is 0.146 e. The first-order chi connectivity index (χ1) is 9.13. The predicted octanol–water partition coefficient (Wildman–Crippen LogP) is 3.73. The lowest BCUT2D eigenvalue weighted by Crippen LogP contribution is -2.34. The second-order valence-electron chi connectivity index (χ2n) is 5.13. The van der Waals surface area contributed by atoms with Gasteiger partial charge in [0.1, 0.15) is 5.82 Å². The van der Waals surface area contributed by atoms with Crippen LogP contribution in [0.25, 0.3) is 0 Å². The van der Waals surface area contributed by atoms with E-state index in [1.54, 1.807) is 6.07 Å². The lowest BCUT2D eigenvalue weighted by Gasteiger charge is -2.31. The first-order valence-corrected chi connectivity index (χ1v) is 7.39. The van der Waals surface area contributed by atoms with E-state index in [1.165, 1.54) is 0 Å². The number of unbranched alkanes of at least 4 members (excludes halogenated alkanes) is 1. The first kappa shape index (κ1) is 16.0. The number of anilines is 1. The van der Waals surface area contributed by atoms with Gasteiger partial charge < -0.3 is 10.6 Å². The Balaban J connectivity index is 2.94. The van der Waals surface area contributed by atoms with Gasteiger partial charge in [-0.3, -0.25) is 0 Å². The number of nitrogens with zero attached hydrogens (tertiary/aromatic N) is 1. The third-order valence-corrected chi connectivity index (χ3v) is 3.63. The highest BCUT2D eigenvalue weighted by molar-refractivity contribution is 5.50. The molecule has 108 valence electrons. The molecule has 3 heteroatoms. The van der Waals surface area contributed by atoms with Crippen molar-refractivity contribution in [3.8, 4) is 0 Å². The van der Waals surface area contributed by atoms with E-state index in [-0.39, 0.29) is 5.82 Å². The summed E-state index contributed by atoms with van der Waals surface area (Å²) in [4.78, 5) is 2.19. The lowest BCUT2D eigenvalue weighted by atomic mass is 10.1. The molecule has 0 aliphatic carbocycles. The Morgan fingerprint density at radius 3 is 2.58 bits per heavy atom. The maximum absolute atomic E-state index is 14.3. The van der Waals surface area contributed by atoms with Crippen molar-refractivity contribution < 1.29 is 4.39 Å². The average molecular weight is 266 g/mol. The molecule has 19 heavy (non-hydrogen) atoms. The van der Waals surface area contributed by atoms with Gasteiger partial charge in [0, 0.05) is 12.6 Å². The summed E-state index contributed by atoms with van der Waals surface area (Å²) in [5.74, 6) is -0.123. The van der Waals surface area contributed by atoms with Crippen LogP contribution in [0.5, 0.6) is 0 Å². The molecule has 0 saturated heterocycles. The quantitative estimate of drug-likeness (QED) is 0.777. The van der Waals surface area contributed by atoms with Crippen LogP contribution in [-0.2, 0) is 6.42 Å². The standard InChI is InChI=1S/C16H27FN2/c1-4-6-11-19(13(3)5-2)16-8-7-14(9-10-18)12-15(16)17/h7-8,12-13H,4-6,9-11,18H2,1-3H3. The number of benzene rings is 1. The summed E-state index contributed by atoms with van der Waals surface area (Å²) in [6, 6.07) is 5.89. The van der Waals surface area contributed by atoms with Crippen molar-refractivity contribution in [2.45, 2.75) is 52.5 Å². The zero-order valence-electron chi connectivity index (χ0n) is 12.5. The number of halogens is 1. The van der Waals surface area contributed by atoms with E-state index >= 15 is 0 Å². The first-order valence-electron chi connectivity index (χ1n) is 7.39. The van der Waals surface area contributed by atoms with Crippen LogP contribution in [0.2, 0.25) is 0 Å². The Labute approximate surface area is 116 Å². The van der Waals surface area contributed by atoms with E-state index in [4.69, 9.17) is 5.73 Å². The lowest BCUT2D eigenvalue weighted by molar-refractivity contribution is 0.564. The molecule has 0 spiro atoms. The summed E-state index contributed by atoms with van der Waals surface area (Å²) in [6.07, 6.45) is 3.97. The van der Waals surface area contributed by atoms with Crippen molar-refractivity contribution in [3.05, 3.63) is 29.6 Å². The normalized spacial score (nSPS) is 12.5. The van der Waals surface area contributed by atoms with Crippen molar-refractivity contribution in [1.82, 2.24) is 0 Å². The van der Waals surface area contributed by atoms with Crippen molar-refractivity contribution in [3.63, 3.8) is 0 Å². The third-order valence-electron chi connectivity index (χ3n) is 3.63. The van der Waals surface area contributed by atoms with E-state index in [0.29, 0.717) is 12.6 Å².